The Morgan fingerprint density at radius 1 is 1.64 bits per heavy atom. The van der Waals surface area contributed by atoms with Crippen molar-refractivity contribution in [3.8, 4) is 11.8 Å². The summed E-state index contributed by atoms with van der Waals surface area (Å²) in [6, 6.07) is 4.56. The molecule has 1 aliphatic rings. The molecule has 1 aromatic carbocycles. The molecule has 1 heterocycles. The van der Waals surface area contributed by atoms with Crippen LogP contribution < -0.4 is 4.74 Å². The Labute approximate surface area is 80.7 Å². The monoisotopic (exact) mass is 193 g/mol. The van der Waals surface area contributed by atoms with Crippen molar-refractivity contribution in [2.75, 3.05) is 13.7 Å². The molecule has 0 aromatic heterocycles. The summed E-state index contributed by atoms with van der Waals surface area (Å²) in [4.78, 5) is 0. The number of hydrogen-bond acceptors (Lipinski definition) is 3. The van der Waals surface area contributed by atoms with Crippen LogP contribution in [0, 0.1) is 17.1 Å². The molecule has 0 N–H and O–H groups in total. The Bertz CT molecular complexity index is 407. The summed E-state index contributed by atoms with van der Waals surface area (Å²) in [5.74, 6) is -0.0238. The van der Waals surface area contributed by atoms with Gasteiger partial charge in [0.1, 0.15) is 23.7 Å². The third kappa shape index (κ3) is 1.42. The number of nitrogens with zero attached hydrogens (tertiary/aromatic N) is 1. The number of halogens is 1. The van der Waals surface area contributed by atoms with Crippen molar-refractivity contribution in [3.63, 3.8) is 0 Å². The van der Waals surface area contributed by atoms with Gasteiger partial charge in [0.05, 0.1) is 19.3 Å². The first kappa shape index (κ1) is 8.97. The topological polar surface area (TPSA) is 45.5 Å². The van der Waals surface area contributed by atoms with Gasteiger partial charge in [-0.25, -0.2) is 4.39 Å². The van der Waals surface area contributed by atoms with E-state index in [0.29, 0.717) is 17.9 Å². The minimum atomic E-state index is -0.412. The number of nitriles is 1. The van der Waals surface area contributed by atoms with E-state index in [9.17, 15) is 4.39 Å². The van der Waals surface area contributed by atoms with Crippen molar-refractivity contribution < 1.29 is 13.9 Å². The van der Waals surface area contributed by atoms with Gasteiger partial charge in [-0.05, 0) is 12.1 Å². The van der Waals surface area contributed by atoms with Crippen molar-refractivity contribution >= 4 is 0 Å². The molecule has 1 unspecified atom stereocenters. The van der Waals surface area contributed by atoms with Gasteiger partial charge >= 0.3 is 0 Å². The Balaban J connectivity index is 2.49. The van der Waals surface area contributed by atoms with Crippen LogP contribution in [0.4, 0.5) is 4.39 Å². The lowest BCUT2D eigenvalue weighted by atomic mass is 10.1. The molecule has 1 atom stereocenters. The summed E-state index contributed by atoms with van der Waals surface area (Å²) in [6.07, 6.45) is -0.170. The van der Waals surface area contributed by atoms with Crippen LogP contribution in [0.25, 0.3) is 0 Å². The summed E-state index contributed by atoms with van der Waals surface area (Å²) >= 11 is 0. The zero-order valence-electron chi connectivity index (χ0n) is 7.58. The molecule has 0 saturated carbocycles. The lowest BCUT2D eigenvalue weighted by Gasteiger charge is -2.05. The molecule has 72 valence electrons. The van der Waals surface area contributed by atoms with Crippen molar-refractivity contribution in [3.05, 3.63) is 29.1 Å². The number of rotatable bonds is 2. The second-order valence-corrected chi connectivity index (χ2v) is 3.01. The number of hydrogen-bond donors (Lipinski definition) is 0. The zero-order valence-corrected chi connectivity index (χ0v) is 7.58. The van der Waals surface area contributed by atoms with Gasteiger partial charge in [0.15, 0.2) is 0 Å². The van der Waals surface area contributed by atoms with Crippen LogP contribution >= 0.6 is 0 Å². The maximum absolute atomic E-state index is 13.4. The summed E-state index contributed by atoms with van der Waals surface area (Å²) in [5, 5.41) is 8.69. The molecular formula is C10H8FNO2. The maximum Gasteiger partial charge on any atom is 0.137 e. The van der Waals surface area contributed by atoms with Crippen molar-refractivity contribution in [1.29, 1.82) is 5.26 Å². The standard InChI is InChI=1S/C10H8FNO2/c1-13-9-3-7(10-5-14-10)8(11)2-6(9)4-12/h2-3,10H,5H2,1H3. The smallest absolute Gasteiger partial charge is 0.137 e. The van der Waals surface area contributed by atoms with E-state index in [4.69, 9.17) is 14.7 Å². The molecule has 0 spiro atoms. The summed E-state index contributed by atoms with van der Waals surface area (Å²) in [7, 11) is 1.45. The highest BCUT2D eigenvalue weighted by molar-refractivity contribution is 5.47. The molecule has 0 bridgehead atoms. The first-order valence-corrected chi connectivity index (χ1v) is 4.15. The van der Waals surface area contributed by atoms with Crippen LogP contribution in [0.5, 0.6) is 5.75 Å². The lowest BCUT2D eigenvalue weighted by molar-refractivity contribution is 0.396. The average molecular weight is 193 g/mol. The van der Waals surface area contributed by atoms with Crippen LogP contribution in [-0.4, -0.2) is 13.7 Å². The van der Waals surface area contributed by atoms with Crippen LogP contribution in [0.2, 0.25) is 0 Å². The van der Waals surface area contributed by atoms with E-state index >= 15 is 0 Å². The van der Waals surface area contributed by atoms with E-state index in [1.54, 1.807) is 0 Å². The Hall–Kier alpha value is -1.60. The van der Waals surface area contributed by atoms with Crippen LogP contribution in [-0.2, 0) is 4.74 Å². The van der Waals surface area contributed by atoms with Crippen LogP contribution in [0.15, 0.2) is 12.1 Å². The van der Waals surface area contributed by atoms with Gasteiger partial charge in [0.25, 0.3) is 0 Å². The number of ether oxygens (including phenoxy) is 2. The Morgan fingerprint density at radius 2 is 2.36 bits per heavy atom. The molecule has 14 heavy (non-hydrogen) atoms. The molecule has 4 heteroatoms. The van der Waals surface area contributed by atoms with E-state index in [1.165, 1.54) is 19.2 Å². The fraction of sp³-hybridized carbons (Fsp3) is 0.300. The maximum atomic E-state index is 13.4. The second-order valence-electron chi connectivity index (χ2n) is 3.01. The first-order chi connectivity index (χ1) is 6.76. The van der Waals surface area contributed by atoms with E-state index in [0.717, 1.165) is 0 Å². The van der Waals surface area contributed by atoms with Gasteiger partial charge in [0, 0.05) is 5.56 Å². The SMILES string of the molecule is COc1cc(C2CO2)c(F)cc1C#N. The molecule has 0 amide bonds. The molecule has 2 rings (SSSR count). The molecular weight excluding hydrogens is 185 g/mol. The van der Waals surface area contributed by atoms with Gasteiger partial charge < -0.3 is 9.47 Å². The quantitative estimate of drug-likeness (QED) is 0.672. The number of epoxide rings is 1. The summed E-state index contributed by atoms with van der Waals surface area (Å²) in [6.45, 7) is 0.534. The van der Waals surface area contributed by atoms with Crippen molar-refractivity contribution in [1.82, 2.24) is 0 Å². The number of benzene rings is 1. The van der Waals surface area contributed by atoms with Crippen molar-refractivity contribution in [2.24, 2.45) is 0 Å². The van der Waals surface area contributed by atoms with Crippen molar-refractivity contribution in [2.45, 2.75) is 6.10 Å². The fourth-order valence-electron chi connectivity index (χ4n) is 1.30. The molecule has 1 aromatic rings. The van der Waals surface area contributed by atoms with E-state index < -0.39 is 5.82 Å². The number of methoxy groups -OCH3 is 1. The summed E-state index contributed by atoms with van der Waals surface area (Å²) in [5.41, 5.74) is 0.662. The highest BCUT2D eigenvalue weighted by atomic mass is 19.1. The largest absolute Gasteiger partial charge is 0.495 e. The fourth-order valence-corrected chi connectivity index (χ4v) is 1.30. The molecule has 1 aliphatic heterocycles. The predicted molar refractivity (Wildman–Crippen MR) is 46.4 cm³/mol. The van der Waals surface area contributed by atoms with E-state index in [1.807, 2.05) is 6.07 Å². The van der Waals surface area contributed by atoms with Crippen LogP contribution in [0.1, 0.15) is 17.2 Å². The minimum Gasteiger partial charge on any atom is -0.495 e. The molecule has 0 radical (unpaired) electrons. The molecule has 1 saturated heterocycles. The highest BCUT2D eigenvalue weighted by Gasteiger charge is 2.29. The zero-order chi connectivity index (χ0) is 10.1. The Morgan fingerprint density at radius 3 is 2.86 bits per heavy atom. The normalized spacial score (nSPS) is 18.8. The summed E-state index contributed by atoms with van der Waals surface area (Å²) < 4.78 is 23.3. The van der Waals surface area contributed by atoms with Gasteiger partial charge in [-0.15, -0.1) is 0 Å². The van der Waals surface area contributed by atoms with Gasteiger partial charge in [-0.2, -0.15) is 5.26 Å². The third-order valence-electron chi connectivity index (χ3n) is 2.12. The third-order valence-corrected chi connectivity index (χ3v) is 2.12. The second kappa shape index (κ2) is 3.28. The molecule has 1 fully saturated rings. The van der Waals surface area contributed by atoms with E-state index in [2.05, 4.69) is 0 Å². The lowest BCUT2D eigenvalue weighted by Crippen LogP contribution is -1.94. The molecule has 0 aliphatic carbocycles. The highest BCUT2D eigenvalue weighted by Crippen LogP contribution is 2.35. The average Bonchev–Trinajstić information content (AvgIpc) is 3.01. The molecule has 3 nitrogen and oxygen atoms in total. The Kier molecular flexibility index (Phi) is 2.10. The van der Waals surface area contributed by atoms with E-state index in [-0.39, 0.29) is 11.7 Å². The predicted octanol–water partition coefficient (Wildman–Crippen LogP) is 1.78. The van der Waals surface area contributed by atoms with Crippen LogP contribution in [0.3, 0.4) is 0 Å². The van der Waals surface area contributed by atoms with Gasteiger partial charge in [-0.1, -0.05) is 0 Å². The minimum absolute atomic E-state index is 0.170. The first-order valence-electron chi connectivity index (χ1n) is 4.15. The van der Waals surface area contributed by atoms with Gasteiger partial charge in [-0.3, -0.25) is 0 Å². The van der Waals surface area contributed by atoms with Gasteiger partial charge in [0.2, 0.25) is 0 Å².